The van der Waals surface area contributed by atoms with Crippen molar-refractivity contribution in [3.63, 3.8) is 0 Å². The molecule has 4 aliphatic heterocycles. The van der Waals surface area contributed by atoms with Crippen LogP contribution in [0.25, 0.3) is 0 Å². The van der Waals surface area contributed by atoms with Gasteiger partial charge in [-0.25, -0.2) is 9.48 Å². The summed E-state index contributed by atoms with van der Waals surface area (Å²) in [6.07, 6.45) is 3.79. The largest absolute Gasteiger partial charge is 0.477 e. The Balaban J connectivity index is 1.15. The van der Waals surface area contributed by atoms with Crippen LogP contribution in [0.2, 0.25) is 0 Å². The number of carboxylic acids is 1. The Hall–Kier alpha value is -3.37. The summed E-state index contributed by atoms with van der Waals surface area (Å²) < 4.78 is 1.34. The van der Waals surface area contributed by atoms with E-state index in [1.165, 1.54) is 27.7 Å². The molecule has 1 aromatic heterocycles. The standard InChI is InChI=1S/C27H39N9O6S/c1-14(7-17(37)12-35-13-31-32-33-35)21-22-15(2)24(23(27(41)42)36(22)26(21)40)43-18-8-19(30-10-18)25(39)34-5-3-16(4-6-34)9-29-11-20(28)38/h13-16,18-19,21-22,29-30H,3-12H2,1-2H3,(H2,28,38)(H,41,42)/t14-,15+,18-,19-,21+,22+/m0/s1. The van der Waals surface area contributed by atoms with Crippen LogP contribution in [-0.4, -0.2) is 115 Å². The number of carbonyl (C=O) groups excluding carboxylic acids is 4. The van der Waals surface area contributed by atoms with Crippen LogP contribution >= 0.6 is 11.8 Å². The maximum Gasteiger partial charge on any atom is 0.353 e. The van der Waals surface area contributed by atoms with Gasteiger partial charge in [0.25, 0.3) is 0 Å². The van der Waals surface area contributed by atoms with E-state index in [-0.39, 0.29) is 77.9 Å². The van der Waals surface area contributed by atoms with Crippen LogP contribution in [0, 0.1) is 23.7 Å². The molecule has 0 bridgehead atoms. The molecule has 234 valence electrons. The van der Waals surface area contributed by atoms with Gasteiger partial charge < -0.3 is 31.3 Å². The number of Topliss-reactive ketones (excluding diaryl/α,β-unsaturated/α-hetero) is 1. The fourth-order valence-electron chi connectivity index (χ4n) is 6.89. The van der Waals surface area contributed by atoms with Crippen molar-refractivity contribution in [2.24, 2.45) is 29.4 Å². The summed E-state index contributed by atoms with van der Waals surface area (Å²) in [4.78, 5) is 66.3. The second kappa shape index (κ2) is 13.1. The van der Waals surface area contributed by atoms with E-state index in [9.17, 15) is 29.1 Å². The van der Waals surface area contributed by atoms with Crippen molar-refractivity contribution < 1.29 is 29.1 Å². The second-order valence-electron chi connectivity index (χ2n) is 12.1. The van der Waals surface area contributed by atoms with Crippen molar-refractivity contribution in [3.8, 4) is 0 Å². The Labute approximate surface area is 253 Å². The highest BCUT2D eigenvalue weighted by molar-refractivity contribution is 8.03. The average molecular weight is 618 g/mol. The number of piperidine rings is 1. The van der Waals surface area contributed by atoms with Crippen molar-refractivity contribution in [1.82, 2.24) is 40.6 Å². The van der Waals surface area contributed by atoms with Gasteiger partial charge in [0.2, 0.25) is 17.7 Å². The number of hydrogen-bond acceptors (Lipinski definition) is 11. The lowest BCUT2D eigenvalue weighted by Crippen LogP contribution is -2.62. The predicted octanol–water partition coefficient (Wildman–Crippen LogP) is -1.18. The van der Waals surface area contributed by atoms with E-state index in [1.54, 1.807) is 0 Å². The smallest absolute Gasteiger partial charge is 0.353 e. The number of fused-ring (bicyclic) bond motifs is 1. The molecule has 43 heavy (non-hydrogen) atoms. The molecular weight excluding hydrogens is 578 g/mol. The molecule has 0 spiro atoms. The van der Waals surface area contributed by atoms with Crippen LogP contribution in [0.15, 0.2) is 16.9 Å². The van der Waals surface area contributed by atoms with E-state index >= 15 is 0 Å². The van der Waals surface area contributed by atoms with Crippen molar-refractivity contribution in [3.05, 3.63) is 16.9 Å². The Bertz CT molecular complexity index is 1280. The number of aromatic nitrogens is 4. The molecule has 0 radical (unpaired) electrons. The molecule has 3 fully saturated rings. The quantitative estimate of drug-likeness (QED) is 0.193. The van der Waals surface area contributed by atoms with Gasteiger partial charge in [0.1, 0.15) is 18.6 Å². The first-order valence-electron chi connectivity index (χ1n) is 14.8. The van der Waals surface area contributed by atoms with Crippen LogP contribution in [0.3, 0.4) is 0 Å². The number of carboxylic acid groups (broad SMARTS) is 1. The normalized spacial score (nSPS) is 28.1. The van der Waals surface area contributed by atoms with Gasteiger partial charge in [-0.3, -0.25) is 19.2 Å². The molecule has 0 unspecified atom stereocenters. The minimum atomic E-state index is -1.14. The first kappa shape index (κ1) is 31.1. The van der Waals surface area contributed by atoms with Crippen molar-refractivity contribution in [2.75, 3.05) is 32.7 Å². The number of rotatable bonds is 13. The monoisotopic (exact) mass is 617 g/mol. The summed E-state index contributed by atoms with van der Waals surface area (Å²) in [5.74, 6) is -2.38. The number of amides is 3. The highest BCUT2D eigenvalue weighted by Gasteiger charge is 2.60. The van der Waals surface area contributed by atoms with E-state index in [0.717, 1.165) is 12.8 Å². The molecule has 0 saturated carbocycles. The third kappa shape index (κ3) is 6.60. The number of tetrazole rings is 1. The number of carbonyl (C=O) groups is 5. The second-order valence-corrected chi connectivity index (χ2v) is 13.4. The Kier molecular flexibility index (Phi) is 9.46. The summed E-state index contributed by atoms with van der Waals surface area (Å²) in [5.41, 5.74) is 5.20. The topological polar surface area (TPSA) is 206 Å². The highest BCUT2D eigenvalue weighted by Crippen LogP contribution is 2.53. The number of nitrogens with one attached hydrogen (secondary N) is 2. The molecule has 0 aliphatic carbocycles. The first-order valence-corrected chi connectivity index (χ1v) is 15.6. The van der Waals surface area contributed by atoms with Crippen LogP contribution in [0.5, 0.6) is 0 Å². The Morgan fingerprint density at radius 1 is 1.26 bits per heavy atom. The van der Waals surface area contributed by atoms with Crippen molar-refractivity contribution in [1.29, 1.82) is 0 Å². The van der Waals surface area contributed by atoms with Gasteiger partial charge in [0.15, 0.2) is 5.78 Å². The SMILES string of the molecule is C[C@@H](CC(=O)Cn1cnnn1)[C@H]1C(=O)N2C(C(=O)O)=C(S[C@@H]3CN[C@H](C(=O)N4CCC(CNCC(N)=O)CC4)C3)[C@H](C)[C@H]12. The van der Waals surface area contributed by atoms with Crippen LogP contribution < -0.4 is 16.4 Å². The molecule has 5 N–H and O–H groups in total. The summed E-state index contributed by atoms with van der Waals surface area (Å²) in [7, 11) is 0. The number of thioether (sulfide) groups is 1. The molecule has 3 amide bonds. The van der Waals surface area contributed by atoms with E-state index in [0.29, 0.717) is 43.4 Å². The van der Waals surface area contributed by atoms with Crippen LogP contribution in [-0.2, 0) is 30.5 Å². The summed E-state index contributed by atoms with van der Waals surface area (Å²) in [6.45, 7) is 6.52. The van der Waals surface area contributed by atoms with E-state index in [4.69, 9.17) is 5.73 Å². The third-order valence-corrected chi connectivity index (χ3v) is 10.5. The van der Waals surface area contributed by atoms with E-state index in [2.05, 4.69) is 26.2 Å². The molecule has 5 rings (SSSR count). The predicted molar refractivity (Wildman–Crippen MR) is 154 cm³/mol. The zero-order valence-corrected chi connectivity index (χ0v) is 25.2. The minimum Gasteiger partial charge on any atom is -0.477 e. The average Bonchev–Trinajstić information content (AvgIpc) is 3.69. The number of ketones is 1. The molecule has 1 aromatic rings. The molecule has 4 aliphatic rings. The van der Waals surface area contributed by atoms with Crippen LogP contribution in [0.4, 0.5) is 0 Å². The minimum absolute atomic E-state index is 0.0150. The number of nitrogens with two attached hydrogens (primary N) is 1. The fraction of sp³-hybridized carbons (Fsp3) is 0.704. The highest BCUT2D eigenvalue weighted by atomic mass is 32.2. The van der Waals surface area contributed by atoms with E-state index in [1.807, 2.05) is 18.7 Å². The fourth-order valence-corrected chi connectivity index (χ4v) is 8.37. The van der Waals surface area contributed by atoms with Gasteiger partial charge >= 0.3 is 5.97 Å². The molecule has 0 aromatic carbocycles. The van der Waals surface area contributed by atoms with Gasteiger partial charge in [0.05, 0.1) is 24.5 Å². The van der Waals surface area contributed by atoms with Crippen molar-refractivity contribution in [2.45, 2.75) is 63.4 Å². The molecular formula is C27H39N9O6S. The number of β-lactam (4-membered cyclic amide) rings is 1. The molecule has 5 heterocycles. The third-order valence-electron chi connectivity index (χ3n) is 9.02. The number of aliphatic carboxylic acids is 1. The number of likely N-dealkylation sites (tertiary alicyclic amines) is 1. The number of nitrogens with zero attached hydrogens (tertiary/aromatic N) is 6. The molecule has 16 heteroatoms. The Morgan fingerprint density at radius 3 is 2.65 bits per heavy atom. The van der Waals surface area contributed by atoms with E-state index < -0.39 is 11.9 Å². The maximum absolute atomic E-state index is 13.3. The first-order chi connectivity index (χ1) is 20.5. The number of primary amides is 1. The zero-order valence-electron chi connectivity index (χ0n) is 24.3. The molecule has 15 nitrogen and oxygen atoms in total. The molecule has 6 atom stereocenters. The van der Waals surface area contributed by atoms with Crippen molar-refractivity contribution >= 4 is 41.2 Å². The lowest BCUT2D eigenvalue weighted by Gasteiger charge is -2.47. The van der Waals surface area contributed by atoms with Gasteiger partial charge in [0, 0.05) is 42.1 Å². The summed E-state index contributed by atoms with van der Waals surface area (Å²) in [5, 5.41) is 27.2. The lowest BCUT2D eigenvalue weighted by molar-refractivity contribution is -0.160. The maximum atomic E-state index is 13.3. The van der Waals surface area contributed by atoms with Gasteiger partial charge in [-0.1, -0.05) is 13.8 Å². The summed E-state index contributed by atoms with van der Waals surface area (Å²) >= 11 is 1.45. The van der Waals surface area contributed by atoms with Gasteiger partial charge in [-0.2, -0.15) is 0 Å². The molecule has 3 saturated heterocycles. The van der Waals surface area contributed by atoms with Gasteiger partial charge in [-0.05, 0) is 48.1 Å². The Morgan fingerprint density at radius 2 is 2.00 bits per heavy atom. The van der Waals surface area contributed by atoms with Gasteiger partial charge in [-0.15, -0.1) is 16.9 Å². The zero-order chi connectivity index (χ0) is 30.8. The number of hydrogen-bond donors (Lipinski definition) is 4. The van der Waals surface area contributed by atoms with Crippen LogP contribution in [0.1, 0.15) is 39.5 Å². The summed E-state index contributed by atoms with van der Waals surface area (Å²) in [6, 6.07) is -0.660. The lowest BCUT2D eigenvalue weighted by atomic mass is 9.73.